The van der Waals surface area contributed by atoms with Crippen LogP contribution in [-0.4, -0.2) is 35.5 Å². The first kappa shape index (κ1) is 17.7. The van der Waals surface area contributed by atoms with Crippen LogP contribution >= 0.6 is 0 Å². The van der Waals surface area contributed by atoms with Crippen molar-refractivity contribution in [3.8, 4) is 0 Å². The Morgan fingerprint density at radius 3 is 2.27 bits per heavy atom. The molecule has 0 saturated carbocycles. The average molecular weight is 306 g/mol. The Labute approximate surface area is 129 Å². The molecule has 6 nitrogen and oxygen atoms in total. The zero-order chi connectivity index (χ0) is 16.5. The highest BCUT2D eigenvalue weighted by Gasteiger charge is 2.23. The lowest BCUT2D eigenvalue weighted by Crippen LogP contribution is -2.45. The van der Waals surface area contributed by atoms with Crippen LogP contribution in [0.4, 0.5) is 0 Å². The third-order valence-electron chi connectivity index (χ3n) is 3.13. The fourth-order valence-corrected chi connectivity index (χ4v) is 1.92. The fourth-order valence-electron chi connectivity index (χ4n) is 1.92. The summed E-state index contributed by atoms with van der Waals surface area (Å²) in [5.74, 6) is -1.82. The molecule has 1 rings (SSSR count). The Hall–Kier alpha value is -2.37. The highest BCUT2D eigenvalue weighted by molar-refractivity contribution is 5.84. The summed E-state index contributed by atoms with van der Waals surface area (Å²) >= 11 is 0. The van der Waals surface area contributed by atoms with Crippen LogP contribution in [0.5, 0.6) is 0 Å². The first-order chi connectivity index (χ1) is 10.4. The lowest BCUT2D eigenvalue weighted by molar-refractivity contribution is -0.143. The van der Waals surface area contributed by atoms with E-state index in [0.717, 1.165) is 5.56 Å². The third kappa shape index (κ3) is 6.39. The second-order valence-electron chi connectivity index (χ2n) is 5.39. The molecule has 22 heavy (non-hydrogen) atoms. The van der Waals surface area contributed by atoms with Crippen molar-refractivity contribution < 1.29 is 19.5 Å². The molecule has 0 radical (unpaired) electrons. The van der Waals surface area contributed by atoms with E-state index >= 15 is 0 Å². The minimum atomic E-state index is -1.06. The number of carboxylic acids is 1. The van der Waals surface area contributed by atoms with Crippen molar-refractivity contribution >= 4 is 17.8 Å². The molecule has 0 aromatic heterocycles. The van der Waals surface area contributed by atoms with E-state index in [9.17, 15) is 14.4 Å². The third-order valence-corrected chi connectivity index (χ3v) is 3.13. The van der Waals surface area contributed by atoms with Crippen LogP contribution in [0.1, 0.15) is 25.8 Å². The topological polar surface area (TPSA) is 95.5 Å². The molecule has 0 spiro atoms. The molecule has 0 bridgehead atoms. The molecule has 0 saturated heterocycles. The van der Waals surface area contributed by atoms with E-state index in [1.165, 1.54) is 0 Å². The summed E-state index contributed by atoms with van der Waals surface area (Å²) in [7, 11) is 0. The van der Waals surface area contributed by atoms with Crippen LogP contribution in [-0.2, 0) is 20.8 Å². The maximum absolute atomic E-state index is 11.7. The Balaban J connectivity index is 2.30. The molecular formula is C16H22N2O4. The summed E-state index contributed by atoms with van der Waals surface area (Å²) < 4.78 is 0. The van der Waals surface area contributed by atoms with Gasteiger partial charge in [0.05, 0.1) is 6.42 Å². The summed E-state index contributed by atoms with van der Waals surface area (Å²) in [4.78, 5) is 34.3. The van der Waals surface area contributed by atoms with Gasteiger partial charge in [0, 0.05) is 13.0 Å². The van der Waals surface area contributed by atoms with Gasteiger partial charge in [0.15, 0.2) is 0 Å². The minimum absolute atomic E-state index is 0.0526. The van der Waals surface area contributed by atoms with E-state index in [-0.39, 0.29) is 37.1 Å². The summed E-state index contributed by atoms with van der Waals surface area (Å²) in [6, 6.07) is 8.38. The quantitative estimate of drug-likeness (QED) is 0.666. The van der Waals surface area contributed by atoms with Crippen molar-refractivity contribution in [2.45, 2.75) is 32.7 Å². The van der Waals surface area contributed by atoms with Crippen LogP contribution in [0.15, 0.2) is 30.3 Å². The van der Waals surface area contributed by atoms with Crippen molar-refractivity contribution in [2.75, 3.05) is 6.54 Å². The van der Waals surface area contributed by atoms with Gasteiger partial charge >= 0.3 is 5.97 Å². The predicted molar refractivity (Wildman–Crippen MR) is 82.2 cm³/mol. The van der Waals surface area contributed by atoms with Gasteiger partial charge in [-0.2, -0.15) is 0 Å². The number of hydrogen-bond acceptors (Lipinski definition) is 3. The molecule has 120 valence electrons. The zero-order valence-electron chi connectivity index (χ0n) is 12.8. The lowest BCUT2D eigenvalue weighted by Gasteiger charge is -2.17. The van der Waals surface area contributed by atoms with E-state index in [2.05, 4.69) is 10.6 Å². The molecule has 3 N–H and O–H groups in total. The lowest BCUT2D eigenvalue weighted by atomic mass is 10.0. The Morgan fingerprint density at radius 1 is 1.09 bits per heavy atom. The van der Waals surface area contributed by atoms with Crippen LogP contribution in [0.3, 0.4) is 0 Å². The van der Waals surface area contributed by atoms with Gasteiger partial charge in [-0.3, -0.25) is 9.59 Å². The number of amides is 2. The smallest absolute Gasteiger partial charge is 0.326 e. The summed E-state index contributed by atoms with van der Waals surface area (Å²) in [6.45, 7) is 3.63. The standard InChI is InChI=1S/C16H22N2O4/c1-11(2)15(16(21)22)18-13(19)8-9-17-14(20)10-12-6-4-3-5-7-12/h3-7,11,15H,8-10H2,1-2H3,(H,17,20)(H,18,19)(H,21,22)/t15-/m1/s1. The minimum Gasteiger partial charge on any atom is -0.480 e. The van der Waals surface area contributed by atoms with Crippen molar-refractivity contribution in [1.29, 1.82) is 0 Å². The monoisotopic (exact) mass is 306 g/mol. The Morgan fingerprint density at radius 2 is 1.73 bits per heavy atom. The van der Waals surface area contributed by atoms with Gasteiger partial charge in [-0.05, 0) is 11.5 Å². The number of nitrogens with one attached hydrogen (secondary N) is 2. The SMILES string of the molecule is CC(C)[C@@H](NC(=O)CCNC(=O)Cc1ccccc1)C(=O)O. The Kier molecular flexibility index (Phi) is 7.08. The molecule has 0 aliphatic carbocycles. The number of carbonyl (C=O) groups excluding carboxylic acids is 2. The van der Waals surface area contributed by atoms with Gasteiger partial charge in [0.25, 0.3) is 0 Å². The van der Waals surface area contributed by atoms with Crippen LogP contribution in [0, 0.1) is 5.92 Å². The maximum Gasteiger partial charge on any atom is 0.326 e. The van der Waals surface area contributed by atoms with Crippen molar-refractivity contribution in [3.05, 3.63) is 35.9 Å². The van der Waals surface area contributed by atoms with E-state index in [1.807, 2.05) is 30.3 Å². The number of carboxylic acid groups (broad SMARTS) is 1. The zero-order valence-corrected chi connectivity index (χ0v) is 12.8. The summed E-state index contributed by atoms with van der Waals surface area (Å²) in [5.41, 5.74) is 0.898. The van der Waals surface area contributed by atoms with Gasteiger partial charge in [-0.15, -0.1) is 0 Å². The van der Waals surface area contributed by atoms with Gasteiger partial charge < -0.3 is 15.7 Å². The predicted octanol–water partition coefficient (Wildman–Crippen LogP) is 0.961. The maximum atomic E-state index is 11.7. The molecular weight excluding hydrogens is 284 g/mol. The number of hydrogen-bond donors (Lipinski definition) is 3. The Bertz CT molecular complexity index is 514. The van der Waals surface area contributed by atoms with Crippen molar-refractivity contribution in [1.82, 2.24) is 10.6 Å². The van der Waals surface area contributed by atoms with E-state index in [1.54, 1.807) is 13.8 Å². The van der Waals surface area contributed by atoms with Crippen molar-refractivity contribution in [3.63, 3.8) is 0 Å². The molecule has 0 heterocycles. The summed E-state index contributed by atoms with van der Waals surface area (Å²) in [5, 5.41) is 14.1. The van der Waals surface area contributed by atoms with Crippen LogP contribution in [0.25, 0.3) is 0 Å². The van der Waals surface area contributed by atoms with E-state index in [0.29, 0.717) is 0 Å². The van der Waals surface area contributed by atoms with Gasteiger partial charge in [0.2, 0.25) is 11.8 Å². The molecule has 1 aromatic rings. The largest absolute Gasteiger partial charge is 0.480 e. The first-order valence-corrected chi connectivity index (χ1v) is 7.23. The van der Waals surface area contributed by atoms with Gasteiger partial charge in [0.1, 0.15) is 6.04 Å². The highest BCUT2D eigenvalue weighted by Crippen LogP contribution is 2.02. The number of benzene rings is 1. The molecule has 1 atom stereocenters. The molecule has 0 unspecified atom stereocenters. The number of rotatable bonds is 8. The average Bonchev–Trinajstić information content (AvgIpc) is 2.45. The van der Waals surface area contributed by atoms with E-state index in [4.69, 9.17) is 5.11 Å². The second kappa shape index (κ2) is 8.81. The normalized spacial score (nSPS) is 11.8. The molecule has 0 aliphatic heterocycles. The highest BCUT2D eigenvalue weighted by atomic mass is 16.4. The van der Waals surface area contributed by atoms with Crippen LogP contribution < -0.4 is 10.6 Å². The molecule has 0 fully saturated rings. The van der Waals surface area contributed by atoms with E-state index < -0.39 is 12.0 Å². The van der Waals surface area contributed by atoms with Gasteiger partial charge in [-0.1, -0.05) is 44.2 Å². The second-order valence-corrected chi connectivity index (χ2v) is 5.39. The number of carbonyl (C=O) groups is 3. The molecule has 1 aromatic carbocycles. The molecule has 0 aliphatic rings. The number of aliphatic carboxylic acids is 1. The summed E-state index contributed by atoms with van der Waals surface area (Å²) in [6.07, 6.45) is 0.309. The molecule has 2 amide bonds. The van der Waals surface area contributed by atoms with Crippen molar-refractivity contribution in [2.24, 2.45) is 5.92 Å². The van der Waals surface area contributed by atoms with Gasteiger partial charge in [-0.25, -0.2) is 4.79 Å². The fraction of sp³-hybridized carbons (Fsp3) is 0.438. The molecule has 6 heteroatoms. The van der Waals surface area contributed by atoms with Crippen LogP contribution in [0.2, 0.25) is 0 Å². The first-order valence-electron chi connectivity index (χ1n) is 7.23.